The number of aliphatic hydroxyl groups is 1. The Morgan fingerprint density at radius 1 is 1.35 bits per heavy atom. The summed E-state index contributed by atoms with van der Waals surface area (Å²) in [5.41, 5.74) is 1.47. The molecule has 1 saturated heterocycles. The van der Waals surface area contributed by atoms with Crippen molar-refractivity contribution in [2.75, 3.05) is 33.3 Å². The van der Waals surface area contributed by atoms with E-state index in [1.807, 2.05) is 18.2 Å². The fraction of sp³-hybridized carbons (Fsp3) is 0.500. The van der Waals surface area contributed by atoms with Crippen molar-refractivity contribution < 1.29 is 9.90 Å². The molecule has 26 heavy (non-hydrogen) atoms. The highest BCUT2D eigenvalue weighted by Crippen LogP contribution is 2.24. The molecule has 0 saturated carbocycles. The van der Waals surface area contributed by atoms with E-state index in [0.717, 1.165) is 43.1 Å². The van der Waals surface area contributed by atoms with Gasteiger partial charge in [0.2, 0.25) is 0 Å². The lowest BCUT2D eigenvalue weighted by molar-refractivity contribution is 0.0761. The largest absolute Gasteiger partial charge is 0.395 e. The number of halogens is 1. The highest BCUT2D eigenvalue weighted by Gasteiger charge is 2.23. The number of carbonyl (C=O) groups is 1. The van der Waals surface area contributed by atoms with Gasteiger partial charge in [-0.3, -0.25) is 9.69 Å². The minimum absolute atomic E-state index is 0.0692. The number of hydrogen-bond donors (Lipinski definition) is 1. The highest BCUT2D eigenvalue weighted by molar-refractivity contribution is 6.31. The molecule has 1 aromatic heterocycles. The van der Waals surface area contributed by atoms with E-state index < -0.39 is 0 Å². The molecule has 0 unspecified atom stereocenters. The summed E-state index contributed by atoms with van der Waals surface area (Å²) in [5, 5.41) is 17.9. The van der Waals surface area contributed by atoms with Crippen molar-refractivity contribution >= 4 is 17.5 Å². The van der Waals surface area contributed by atoms with Gasteiger partial charge in [0.05, 0.1) is 18.8 Å². The maximum absolute atomic E-state index is 12.2. The Bertz CT molecular complexity index is 743. The zero-order valence-electron chi connectivity index (χ0n) is 14.9. The Morgan fingerprint density at radius 3 is 2.77 bits per heavy atom. The zero-order chi connectivity index (χ0) is 18.5. The molecule has 0 radical (unpaired) electrons. The van der Waals surface area contributed by atoms with E-state index in [1.54, 1.807) is 17.9 Å². The van der Waals surface area contributed by atoms with Crippen LogP contribution in [0, 0.1) is 0 Å². The monoisotopic (exact) mass is 377 g/mol. The standard InChI is InChI=1S/C18H24ClN5O2/c1-22(10-11-25)18(26)17-13-24(21-20-17)15-6-8-23(9-7-15)12-14-4-2-3-5-16(14)19/h2-5,13,15,25H,6-12H2,1H3. The second-order valence-electron chi connectivity index (χ2n) is 6.63. The first-order chi connectivity index (χ1) is 12.6. The van der Waals surface area contributed by atoms with Crippen LogP contribution < -0.4 is 0 Å². The van der Waals surface area contributed by atoms with E-state index in [4.69, 9.17) is 16.7 Å². The number of piperidine rings is 1. The third-order valence-electron chi connectivity index (χ3n) is 4.79. The van der Waals surface area contributed by atoms with Crippen LogP contribution >= 0.6 is 11.6 Å². The molecule has 140 valence electrons. The van der Waals surface area contributed by atoms with Crippen molar-refractivity contribution in [1.29, 1.82) is 0 Å². The van der Waals surface area contributed by atoms with Gasteiger partial charge < -0.3 is 10.0 Å². The Kier molecular flexibility index (Phi) is 6.24. The van der Waals surface area contributed by atoms with Crippen LogP contribution in [0.2, 0.25) is 5.02 Å². The number of nitrogens with zero attached hydrogens (tertiary/aromatic N) is 5. The summed E-state index contributed by atoms with van der Waals surface area (Å²) in [4.78, 5) is 16.0. The molecule has 2 heterocycles. The number of aromatic nitrogens is 3. The molecule has 1 fully saturated rings. The second kappa shape index (κ2) is 8.62. The minimum Gasteiger partial charge on any atom is -0.395 e. The maximum atomic E-state index is 12.2. The lowest BCUT2D eigenvalue weighted by Crippen LogP contribution is -2.34. The molecule has 1 aliphatic heterocycles. The van der Waals surface area contributed by atoms with Crippen LogP contribution in [0.15, 0.2) is 30.5 Å². The van der Waals surface area contributed by atoms with Gasteiger partial charge in [-0.1, -0.05) is 35.0 Å². The zero-order valence-corrected chi connectivity index (χ0v) is 15.6. The Hall–Kier alpha value is -1.96. The van der Waals surface area contributed by atoms with Gasteiger partial charge >= 0.3 is 0 Å². The van der Waals surface area contributed by atoms with E-state index in [-0.39, 0.29) is 25.1 Å². The van der Waals surface area contributed by atoms with Gasteiger partial charge in [-0.25, -0.2) is 4.68 Å². The summed E-state index contributed by atoms with van der Waals surface area (Å²) in [7, 11) is 1.64. The van der Waals surface area contributed by atoms with Crippen molar-refractivity contribution in [2.45, 2.75) is 25.4 Å². The molecule has 0 spiro atoms. The number of aliphatic hydroxyl groups excluding tert-OH is 1. The van der Waals surface area contributed by atoms with Gasteiger partial charge in [-0.05, 0) is 24.5 Å². The van der Waals surface area contributed by atoms with E-state index in [9.17, 15) is 4.79 Å². The van der Waals surface area contributed by atoms with Gasteiger partial charge in [0.15, 0.2) is 5.69 Å². The molecular weight excluding hydrogens is 354 g/mol. The van der Waals surface area contributed by atoms with Crippen LogP contribution in [-0.4, -0.2) is 69.1 Å². The SMILES string of the molecule is CN(CCO)C(=O)c1cn(C2CCN(Cc3ccccc3Cl)CC2)nn1. The highest BCUT2D eigenvalue weighted by atomic mass is 35.5. The number of rotatable bonds is 6. The number of carbonyl (C=O) groups excluding carboxylic acids is 1. The molecule has 1 aromatic carbocycles. The molecule has 3 rings (SSSR count). The Balaban J connectivity index is 1.55. The molecule has 0 atom stereocenters. The van der Waals surface area contributed by atoms with E-state index in [0.29, 0.717) is 5.69 Å². The minimum atomic E-state index is -0.221. The summed E-state index contributed by atoms with van der Waals surface area (Å²) >= 11 is 6.25. The molecule has 1 N–H and O–H groups in total. The van der Waals surface area contributed by atoms with Gasteiger partial charge in [0.25, 0.3) is 5.91 Å². The quantitative estimate of drug-likeness (QED) is 0.831. The third kappa shape index (κ3) is 4.41. The average molecular weight is 378 g/mol. The first-order valence-electron chi connectivity index (χ1n) is 8.82. The van der Waals surface area contributed by atoms with Gasteiger partial charge in [-0.15, -0.1) is 5.10 Å². The van der Waals surface area contributed by atoms with Gasteiger partial charge in [0, 0.05) is 38.2 Å². The first kappa shape index (κ1) is 18.8. The van der Waals surface area contributed by atoms with Crippen LogP contribution in [0.3, 0.4) is 0 Å². The average Bonchev–Trinajstić information content (AvgIpc) is 3.14. The normalized spacial score (nSPS) is 16.0. The van der Waals surface area contributed by atoms with E-state index in [2.05, 4.69) is 21.3 Å². The molecule has 1 aliphatic rings. The summed E-state index contributed by atoms with van der Waals surface area (Å²) in [6, 6.07) is 8.18. The molecule has 2 aromatic rings. The van der Waals surface area contributed by atoms with Gasteiger partial charge in [0.1, 0.15) is 0 Å². The van der Waals surface area contributed by atoms with Crippen LogP contribution in [0.4, 0.5) is 0 Å². The van der Waals surface area contributed by atoms with Crippen LogP contribution in [0.5, 0.6) is 0 Å². The van der Waals surface area contributed by atoms with Crippen LogP contribution in [-0.2, 0) is 6.54 Å². The summed E-state index contributed by atoms with van der Waals surface area (Å²) in [6.45, 7) is 2.96. The number of benzene rings is 1. The van der Waals surface area contributed by atoms with E-state index in [1.165, 1.54) is 4.90 Å². The molecule has 7 nitrogen and oxygen atoms in total. The van der Waals surface area contributed by atoms with Crippen LogP contribution in [0.25, 0.3) is 0 Å². The maximum Gasteiger partial charge on any atom is 0.275 e. The van der Waals surface area contributed by atoms with Crippen LogP contribution in [0.1, 0.15) is 34.9 Å². The second-order valence-corrected chi connectivity index (χ2v) is 7.04. The predicted molar refractivity (Wildman–Crippen MR) is 99.1 cm³/mol. The summed E-state index contributed by atoms with van der Waals surface area (Å²) < 4.78 is 1.80. The van der Waals surface area contributed by atoms with Crippen molar-refractivity contribution in [3.63, 3.8) is 0 Å². The fourth-order valence-corrected chi connectivity index (χ4v) is 3.41. The van der Waals surface area contributed by atoms with Crippen molar-refractivity contribution in [2.24, 2.45) is 0 Å². The molecule has 1 amide bonds. The molecular formula is C18H24ClN5O2. The van der Waals surface area contributed by atoms with Crippen molar-refractivity contribution in [3.05, 3.63) is 46.7 Å². The predicted octanol–water partition coefficient (Wildman–Crippen LogP) is 1.83. The third-order valence-corrected chi connectivity index (χ3v) is 5.16. The van der Waals surface area contributed by atoms with Crippen molar-refractivity contribution in [1.82, 2.24) is 24.8 Å². The summed E-state index contributed by atoms with van der Waals surface area (Å²) in [6.07, 6.45) is 3.62. The Labute approximate surface area is 158 Å². The molecule has 0 bridgehead atoms. The number of likely N-dealkylation sites (tertiary alicyclic amines) is 1. The Morgan fingerprint density at radius 2 is 2.08 bits per heavy atom. The number of amides is 1. The first-order valence-corrected chi connectivity index (χ1v) is 9.20. The lowest BCUT2D eigenvalue weighted by Gasteiger charge is -2.31. The molecule has 0 aliphatic carbocycles. The lowest BCUT2D eigenvalue weighted by atomic mass is 10.0. The fourth-order valence-electron chi connectivity index (χ4n) is 3.21. The van der Waals surface area contributed by atoms with Crippen molar-refractivity contribution in [3.8, 4) is 0 Å². The number of hydrogen-bond acceptors (Lipinski definition) is 5. The smallest absolute Gasteiger partial charge is 0.275 e. The topological polar surface area (TPSA) is 74.5 Å². The number of likely N-dealkylation sites (N-methyl/N-ethyl adjacent to an activating group) is 1. The van der Waals surface area contributed by atoms with Gasteiger partial charge in [-0.2, -0.15) is 0 Å². The molecule has 8 heteroatoms. The van der Waals surface area contributed by atoms with E-state index >= 15 is 0 Å². The summed E-state index contributed by atoms with van der Waals surface area (Å²) in [5.74, 6) is -0.221.